The molecule has 4 nitrogen and oxygen atoms in total. The van der Waals surface area contributed by atoms with Crippen LogP contribution in [0.15, 0.2) is 18.2 Å². The van der Waals surface area contributed by atoms with E-state index in [1.54, 1.807) is 11.3 Å². The zero-order chi connectivity index (χ0) is 14.5. The molecule has 1 unspecified atom stereocenters. The highest BCUT2D eigenvalue weighted by molar-refractivity contribution is 7.22. The molecule has 0 bridgehead atoms. The Morgan fingerprint density at radius 3 is 2.95 bits per heavy atom. The Bertz CT molecular complexity index is 594. The Kier molecular flexibility index (Phi) is 4.95. The molecule has 2 aromatic rings. The van der Waals surface area contributed by atoms with Crippen LogP contribution in [0.25, 0.3) is 10.2 Å². The van der Waals surface area contributed by atoms with Crippen molar-refractivity contribution in [1.29, 1.82) is 0 Å². The van der Waals surface area contributed by atoms with Crippen LogP contribution in [0.3, 0.4) is 0 Å². The zero-order valence-corrected chi connectivity index (χ0v) is 13.0. The molecule has 1 aromatic carbocycles. The van der Waals surface area contributed by atoms with Gasteiger partial charge in [-0.1, -0.05) is 30.4 Å². The Hall–Kier alpha value is -1.62. The fraction of sp³-hybridized carbons (Fsp3) is 0.467. The number of thiazole rings is 1. The Morgan fingerprint density at radius 2 is 2.25 bits per heavy atom. The second-order valence-electron chi connectivity index (χ2n) is 4.99. The number of amides is 1. The van der Waals surface area contributed by atoms with Crippen molar-refractivity contribution in [3.63, 3.8) is 0 Å². The highest BCUT2D eigenvalue weighted by Crippen LogP contribution is 2.27. The molecule has 5 heteroatoms. The molecule has 2 rings (SSSR count). The van der Waals surface area contributed by atoms with Crippen LogP contribution in [0.1, 0.15) is 32.3 Å². The third kappa shape index (κ3) is 3.70. The summed E-state index contributed by atoms with van der Waals surface area (Å²) in [7, 11) is 0. The van der Waals surface area contributed by atoms with Gasteiger partial charge in [0.05, 0.1) is 10.2 Å². The van der Waals surface area contributed by atoms with E-state index in [-0.39, 0.29) is 11.9 Å². The number of anilines is 1. The maximum absolute atomic E-state index is 11.7. The van der Waals surface area contributed by atoms with Gasteiger partial charge in [-0.2, -0.15) is 0 Å². The molecule has 108 valence electrons. The SMILES string of the molecule is CCC(C)NC(=O)CCNc1nc2c(C)cccc2s1. The summed E-state index contributed by atoms with van der Waals surface area (Å²) in [6, 6.07) is 6.42. The first-order chi connectivity index (χ1) is 9.60. The molecule has 0 fully saturated rings. The summed E-state index contributed by atoms with van der Waals surface area (Å²) in [5.41, 5.74) is 2.23. The molecule has 0 aliphatic rings. The molecule has 0 saturated carbocycles. The number of aromatic nitrogens is 1. The lowest BCUT2D eigenvalue weighted by atomic mass is 10.2. The molecule has 20 heavy (non-hydrogen) atoms. The Labute approximate surface area is 123 Å². The van der Waals surface area contributed by atoms with Gasteiger partial charge in [0, 0.05) is 19.0 Å². The molecule has 0 aliphatic carbocycles. The van der Waals surface area contributed by atoms with Gasteiger partial charge in [-0.05, 0) is 31.9 Å². The quantitative estimate of drug-likeness (QED) is 0.858. The molecule has 1 amide bonds. The predicted octanol–water partition coefficient (Wildman–Crippen LogP) is 3.32. The van der Waals surface area contributed by atoms with E-state index in [1.165, 1.54) is 10.3 Å². The van der Waals surface area contributed by atoms with Gasteiger partial charge in [0.15, 0.2) is 5.13 Å². The molecule has 1 aromatic heterocycles. The first-order valence-corrected chi connectivity index (χ1v) is 7.81. The first-order valence-electron chi connectivity index (χ1n) is 6.99. The summed E-state index contributed by atoms with van der Waals surface area (Å²) in [6.07, 6.45) is 1.43. The van der Waals surface area contributed by atoms with Crippen LogP contribution in [0, 0.1) is 6.92 Å². The molecule has 0 spiro atoms. The van der Waals surface area contributed by atoms with Crippen molar-refractivity contribution in [3.05, 3.63) is 23.8 Å². The van der Waals surface area contributed by atoms with Crippen molar-refractivity contribution in [3.8, 4) is 0 Å². The Balaban J connectivity index is 1.87. The van der Waals surface area contributed by atoms with Crippen molar-refractivity contribution < 1.29 is 4.79 Å². The van der Waals surface area contributed by atoms with Crippen molar-refractivity contribution in [2.24, 2.45) is 0 Å². The average molecular weight is 291 g/mol. The highest BCUT2D eigenvalue weighted by atomic mass is 32.1. The number of hydrogen-bond acceptors (Lipinski definition) is 4. The van der Waals surface area contributed by atoms with Crippen LogP contribution >= 0.6 is 11.3 Å². The van der Waals surface area contributed by atoms with Crippen LogP contribution in [0.2, 0.25) is 0 Å². The third-order valence-corrected chi connectivity index (χ3v) is 4.25. The highest BCUT2D eigenvalue weighted by Gasteiger charge is 2.07. The number of carbonyl (C=O) groups is 1. The van der Waals surface area contributed by atoms with Gasteiger partial charge in [0.25, 0.3) is 0 Å². The molecule has 0 saturated heterocycles. The average Bonchev–Trinajstić information content (AvgIpc) is 2.83. The van der Waals surface area contributed by atoms with E-state index in [1.807, 2.05) is 13.0 Å². The van der Waals surface area contributed by atoms with E-state index in [9.17, 15) is 4.79 Å². The monoisotopic (exact) mass is 291 g/mol. The standard InChI is InChI=1S/C15H21N3OS/c1-4-11(3)17-13(19)8-9-16-15-18-14-10(2)6-5-7-12(14)20-15/h5-7,11H,4,8-9H2,1-3H3,(H,16,18)(H,17,19). The van der Waals surface area contributed by atoms with Gasteiger partial charge >= 0.3 is 0 Å². The lowest BCUT2D eigenvalue weighted by Crippen LogP contribution is -2.32. The van der Waals surface area contributed by atoms with Crippen LogP contribution in [0.4, 0.5) is 5.13 Å². The fourth-order valence-electron chi connectivity index (χ4n) is 1.89. The van der Waals surface area contributed by atoms with E-state index < -0.39 is 0 Å². The number of nitrogens with zero attached hydrogens (tertiary/aromatic N) is 1. The van der Waals surface area contributed by atoms with Gasteiger partial charge in [-0.3, -0.25) is 4.79 Å². The summed E-state index contributed by atoms with van der Waals surface area (Å²) in [5, 5.41) is 7.07. The summed E-state index contributed by atoms with van der Waals surface area (Å²) in [5.74, 6) is 0.0872. The summed E-state index contributed by atoms with van der Waals surface area (Å²) < 4.78 is 1.18. The lowest BCUT2D eigenvalue weighted by molar-refractivity contribution is -0.121. The van der Waals surface area contributed by atoms with Gasteiger partial charge in [-0.25, -0.2) is 4.98 Å². The zero-order valence-electron chi connectivity index (χ0n) is 12.2. The molecule has 1 atom stereocenters. The number of carbonyl (C=O) groups excluding carboxylic acids is 1. The predicted molar refractivity (Wildman–Crippen MR) is 85.4 cm³/mol. The van der Waals surface area contributed by atoms with Crippen molar-refractivity contribution in [2.45, 2.75) is 39.7 Å². The van der Waals surface area contributed by atoms with E-state index in [0.29, 0.717) is 13.0 Å². The van der Waals surface area contributed by atoms with Crippen LogP contribution in [-0.2, 0) is 4.79 Å². The molecular weight excluding hydrogens is 270 g/mol. The van der Waals surface area contributed by atoms with Crippen LogP contribution < -0.4 is 10.6 Å². The maximum atomic E-state index is 11.7. The normalized spacial score (nSPS) is 12.3. The second kappa shape index (κ2) is 6.70. The number of aryl methyl sites for hydroxylation is 1. The molecular formula is C15H21N3OS. The minimum absolute atomic E-state index is 0.0872. The van der Waals surface area contributed by atoms with Crippen molar-refractivity contribution in [1.82, 2.24) is 10.3 Å². The third-order valence-electron chi connectivity index (χ3n) is 3.27. The van der Waals surface area contributed by atoms with E-state index >= 15 is 0 Å². The number of benzene rings is 1. The van der Waals surface area contributed by atoms with Crippen molar-refractivity contribution in [2.75, 3.05) is 11.9 Å². The summed E-state index contributed by atoms with van der Waals surface area (Å²) in [6.45, 7) is 6.75. The van der Waals surface area contributed by atoms with Crippen molar-refractivity contribution >= 4 is 32.6 Å². The number of para-hydroxylation sites is 1. The van der Waals surface area contributed by atoms with Gasteiger partial charge < -0.3 is 10.6 Å². The smallest absolute Gasteiger partial charge is 0.221 e. The molecule has 2 N–H and O–H groups in total. The van der Waals surface area contributed by atoms with E-state index in [4.69, 9.17) is 0 Å². The lowest BCUT2D eigenvalue weighted by Gasteiger charge is -2.11. The molecule has 0 aliphatic heterocycles. The fourth-order valence-corrected chi connectivity index (χ4v) is 2.86. The van der Waals surface area contributed by atoms with E-state index in [2.05, 4.69) is 41.6 Å². The van der Waals surface area contributed by atoms with Crippen LogP contribution in [0.5, 0.6) is 0 Å². The minimum atomic E-state index is 0.0872. The number of hydrogen-bond donors (Lipinski definition) is 2. The largest absolute Gasteiger partial charge is 0.361 e. The second-order valence-corrected chi connectivity index (χ2v) is 6.02. The van der Waals surface area contributed by atoms with Gasteiger partial charge in [0.1, 0.15) is 0 Å². The topological polar surface area (TPSA) is 54.0 Å². The maximum Gasteiger partial charge on any atom is 0.221 e. The van der Waals surface area contributed by atoms with Crippen LogP contribution in [-0.4, -0.2) is 23.5 Å². The van der Waals surface area contributed by atoms with Gasteiger partial charge in [0.2, 0.25) is 5.91 Å². The number of fused-ring (bicyclic) bond motifs is 1. The summed E-state index contributed by atoms with van der Waals surface area (Å²) in [4.78, 5) is 16.2. The molecule has 0 radical (unpaired) electrons. The minimum Gasteiger partial charge on any atom is -0.361 e. The van der Waals surface area contributed by atoms with E-state index in [0.717, 1.165) is 17.1 Å². The number of rotatable bonds is 6. The number of nitrogens with one attached hydrogen (secondary N) is 2. The summed E-state index contributed by atoms with van der Waals surface area (Å²) >= 11 is 1.63. The Morgan fingerprint density at radius 1 is 1.45 bits per heavy atom. The molecule has 1 heterocycles. The first kappa shape index (κ1) is 14.8. The van der Waals surface area contributed by atoms with Gasteiger partial charge in [-0.15, -0.1) is 0 Å².